The summed E-state index contributed by atoms with van der Waals surface area (Å²) >= 11 is 0. The lowest BCUT2D eigenvalue weighted by molar-refractivity contribution is -0.0562. The predicted octanol–water partition coefficient (Wildman–Crippen LogP) is 3.10. The van der Waals surface area contributed by atoms with Crippen LogP contribution in [0.1, 0.15) is 31.9 Å². The van der Waals surface area contributed by atoms with Crippen LogP contribution in [-0.4, -0.2) is 23.9 Å². The molecule has 3 heteroatoms. The Bertz CT molecular complexity index is 377. The maximum Gasteiger partial charge on any atom is 0.123 e. The van der Waals surface area contributed by atoms with Gasteiger partial charge in [-0.1, -0.05) is 19.9 Å². The van der Waals surface area contributed by atoms with Gasteiger partial charge in [0.15, 0.2) is 0 Å². The molecule has 2 atom stereocenters. The van der Waals surface area contributed by atoms with Gasteiger partial charge in [-0.2, -0.15) is 0 Å². The van der Waals surface area contributed by atoms with Crippen molar-refractivity contribution >= 4 is 0 Å². The Kier molecular flexibility index (Phi) is 5.76. The summed E-state index contributed by atoms with van der Waals surface area (Å²) in [7, 11) is 0. The zero-order valence-electron chi connectivity index (χ0n) is 11.6. The van der Waals surface area contributed by atoms with E-state index in [1.807, 2.05) is 27.7 Å². The standard InChI is InChI=1S/C15H23FO2/c1-5-18-15(10(2)3)14(17)9-12-8-13(16)7-6-11(12)4/h6-8,10,14-15,17H,5,9H2,1-4H3. The molecule has 2 nitrogen and oxygen atoms in total. The Balaban J connectivity index is 2.78. The average Bonchev–Trinajstić information content (AvgIpc) is 2.30. The van der Waals surface area contributed by atoms with Crippen LogP contribution in [-0.2, 0) is 11.2 Å². The molecule has 0 heterocycles. The third kappa shape index (κ3) is 4.07. The Hall–Kier alpha value is -0.930. The maximum absolute atomic E-state index is 13.2. The quantitative estimate of drug-likeness (QED) is 0.845. The van der Waals surface area contributed by atoms with Crippen molar-refractivity contribution in [3.63, 3.8) is 0 Å². The van der Waals surface area contributed by atoms with Gasteiger partial charge in [0.1, 0.15) is 5.82 Å². The van der Waals surface area contributed by atoms with Crippen molar-refractivity contribution in [3.05, 3.63) is 35.1 Å². The van der Waals surface area contributed by atoms with E-state index >= 15 is 0 Å². The molecule has 18 heavy (non-hydrogen) atoms. The number of benzene rings is 1. The minimum absolute atomic E-state index is 0.210. The van der Waals surface area contributed by atoms with Crippen LogP contribution >= 0.6 is 0 Å². The normalized spacial score (nSPS) is 14.8. The second-order valence-corrected chi connectivity index (χ2v) is 5.01. The van der Waals surface area contributed by atoms with Gasteiger partial charge in [0.05, 0.1) is 12.2 Å². The lowest BCUT2D eigenvalue weighted by Crippen LogP contribution is -2.35. The maximum atomic E-state index is 13.2. The van der Waals surface area contributed by atoms with E-state index in [1.54, 1.807) is 6.07 Å². The highest BCUT2D eigenvalue weighted by atomic mass is 19.1. The van der Waals surface area contributed by atoms with Gasteiger partial charge in [0.2, 0.25) is 0 Å². The van der Waals surface area contributed by atoms with Crippen molar-refractivity contribution in [2.75, 3.05) is 6.61 Å². The minimum atomic E-state index is -0.606. The molecule has 0 saturated heterocycles. The zero-order valence-corrected chi connectivity index (χ0v) is 11.6. The van der Waals surface area contributed by atoms with E-state index in [0.717, 1.165) is 11.1 Å². The molecule has 2 unspecified atom stereocenters. The molecule has 0 bridgehead atoms. The summed E-state index contributed by atoms with van der Waals surface area (Å²) < 4.78 is 18.8. The summed E-state index contributed by atoms with van der Waals surface area (Å²) in [6.45, 7) is 8.44. The summed E-state index contributed by atoms with van der Waals surface area (Å²) in [6.07, 6.45) is -0.394. The van der Waals surface area contributed by atoms with Gasteiger partial charge in [0, 0.05) is 13.0 Å². The Morgan fingerprint density at radius 3 is 2.56 bits per heavy atom. The molecule has 0 fully saturated rings. The van der Waals surface area contributed by atoms with Crippen LogP contribution in [0.5, 0.6) is 0 Å². The smallest absolute Gasteiger partial charge is 0.123 e. The van der Waals surface area contributed by atoms with Crippen molar-refractivity contribution in [1.29, 1.82) is 0 Å². The van der Waals surface area contributed by atoms with Gasteiger partial charge >= 0.3 is 0 Å². The molecule has 0 amide bonds. The predicted molar refractivity (Wildman–Crippen MR) is 71.1 cm³/mol. The number of rotatable bonds is 6. The summed E-state index contributed by atoms with van der Waals surface area (Å²) in [4.78, 5) is 0. The molecular weight excluding hydrogens is 231 g/mol. The first-order valence-electron chi connectivity index (χ1n) is 6.50. The third-order valence-corrected chi connectivity index (χ3v) is 3.14. The average molecular weight is 254 g/mol. The number of halogens is 1. The van der Waals surface area contributed by atoms with E-state index < -0.39 is 6.10 Å². The lowest BCUT2D eigenvalue weighted by atomic mass is 9.94. The summed E-state index contributed by atoms with van der Waals surface area (Å²) in [6, 6.07) is 4.66. The number of hydrogen-bond donors (Lipinski definition) is 1. The molecule has 1 aromatic carbocycles. The van der Waals surface area contributed by atoms with Gasteiger partial charge in [-0.3, -0.25) is 0 Å². The second kappa shape index (κ2) is 6.86. The molecule has 0 aromatic heterocycles. The van der Waals surface area contributed by atoms with Crippen LogP contribution < -0.4 is 0 Å². The van der Waals surface area contributed by atoms with Gasteiger partial charge in [-0.15, -0.1) is 0 Å². The van der Waals surface area contributed by atoms with Crippen LogP contribution in [0.2, 0.25) is 0 Å². The Morgan fingerprint density at radius 1 is 1.33 bits per heavy atom. The van der Waals surface area contributed by atoms with Crippen LogP contribution in [0.25, 0.3) is 0 Å². The first-order valence-corrected chi connectivity index (χ1v) is 6.50. The first-order chi connectivity index (χ1) is 8.45. The molecule has 1 rings (SSSR count). The summed E-state index contributed by atoms with van der Waals surface area (Å²) in [5.41, 5.74) is 1.84. The second-order valence-electron chi connectivity index (χ2n) is 5.01. The lowest BCUT2D eigenvalue weighted by Gasteiger charge is -2.26. The molecule has 0 radical (unpaired) electrons. The third-order valence-electron chi connectivity index (χ3n) is 3.14. The van der Waals surface area contributed by atoms with E-state index in [-0.39, 0.29) is 17.8 Å². The van der Waals surface area contributed by atoms with Gasteiger partial charge in [-0.05, 0) is 43.0 Å². The van der Waals surface area contributed by atoms with Crippen molar-refractivity contribution in [3.8, 4) is 0 Å². The minimum Gasteiger partial charge on any atom is -0.390 e. The largest absolute Gasteiger partial charge is 0.390 e. The van der Waals surface area contributed by atoms with Gasteiger partial charge < -0.3 is 9.84 Å². The van der Waals surface area contributed by atoms with Gasteiger partial charge in [0.25, 0.3) is 0 Å². The topological polar surface area (TPSA) is 29.5 Å². The van der Waals surface area contributed by atoms with Crippen LogP contribution in [0.15, 0.2) is 18.2 Å². The number of aliphatic hydroxyl groups is 1. The summed E-state index contributed by atoms with van der Waals surface area (Å²) in [5, 5.41) is 10.2. The Morgan fingerprint density at radius 2 is 2.00 bits per heavy atom. The van der Waals surface area contributed by atoms with E-state index in [9.17, 15) is 9.50 Å². The number of hydrogen-bond acceptors (Lipinski definition) is 2. The fourth-order valence-corrected chi connectivity index (χ4v) is 2.14. The SMILES string of the molecule is CCOC(C(C)C)C(O)Cc1cc(F)ccc1C. The van der Waals surface area contributed by atoms with Crippen molar-refractivity contribution in [1.82, 2.24) is 0 Å². The van der Waals surface area contributed by atoms with Crippen LogP contribution in [0, 0.1) is 18.7 Å². The fraction of sp³-hybridized carbons (Fsp3) is 0.600. The number of aryl methyl sites for hydroxylation is 1. The van der Waals surface area contributed by atoms with Crippen molar-refractivity contribution in [2.45, 2.75) is 46.3 Å². The van der Waals surface area contributed by atoms with Gasteiger partial charge in [-0.25, -0.2) is 4.39 Å². The molecule has 0 spiro atoms. The molecular formula is C15H23FO2. The molecule has 0 aliphatic heterocycles. The molecule has 0 aliphatic carbocycles. The van der Waals surface area contributed by atoms with E-state index in [4.69, 9.17) is 4.74 Å². The fourth-order valence-electron chi connectivity index (χ4n) is 2.14. The van der Waals surface area contributed by atoms with E-state index in [2.05, 4.69) is 0 Å². The molecule has 1 N–H and O–H groups in total. The summed E-state index contributed by atoms with van der Waals surface area (Å²) in [5.74, 6) is -0.0332. The van der Waals surface area contributed by atoms with Crippen molar-refractivity contribution in [2.24, 2.45) is 5.92 Å². The molecule has 102 valence electrons. The van der Waals surface area contributed by atoms with Crippen LogP contribution in [0.4, 0.5) is 4.39 Å². The molecule has 0 saturated carbocycles. The monoisotopic (exact) mass is 254 g/mol. The number of ether oxygens (including phenoxy) is 1. The molecule has 0 aliphatic rings. The van der Waals surface area contributed by atoms with Crippen LogP contribution in [0.3, 0.4) is 0 Å². The first kappa shape index (κ1) is 15.1. The Labute approximate surface area is 109 Å². The highest BCUT2D eigenvalue weighted by Crippen LogP contribution is 2.18. The highest BCUT2D eigenvalue weighted by molar-refractivity contribution is 5.27. The zero-order chi connectivity index (χ0) is 13.7. The highest BCUT2D eigenvalue weighted by Gasteiger charge is 2.23. The van der Waals surface area contributed by atoms with E-state index in [0.29, 0.717) is 13.0 Å². The van der Waals surface area contributed by atoms with Crippen molar-refractivity contribution < 1.29 is 14.2 Å². The number of aliphatic hydroxyl groups excluding tert-OH is 1. The van der Waals surface area contributed by atoms with E-state index in [1.165, 1.54) is 12.1 Å². The molecule has 1 aromatic rings.